The number of hydrogen-bond donors (Lipinski definition) is 1. The first-order valence-electron chi connectivity index (χ1n) is 7.46. The monoisotopic (exact) mass is 250 g/mol. The van der Waals surface area contributed by atoms with Crippen LogP contribution in [0.15, 0.2) is 0 Å². The van der Waals surface area contributed by atoms with Gasteiger partial charge in [0.25, 0.3) is 0 Å². The van der Waals surface area contributed by atoms with E-state index in [1.54, 1.807) is 0 Å². The molecule has 0 radical (unpaired) electrons. The van der Waals surface area contributed by atoms with Crippen molar-refractivity contribution < 1.29 is 9.90 Å². The standard InChI is InChI=1S/C16H26O2/c1-14(2,13(17)18)9-16-7-11-4-12(8-16)6-15(3,5-11)10-16/h11-12H,4-10H2,1-3H3,(H,17,18). The Balaban J connectivity index is 1.85. The van der Waals surface area contributed by atoms with Gasteiger partial charge in [-0.25, -0.2) is 0 Å². The molecule has 0 aromatic rings. The van der Waals surface area contributed by atoms with Crippen molar-refractivity contribution in [1.29, 1.82) is 0 Å². The van der Waals surface area contributed by atoms with Crippen LogP contribution in [0.2, 0.25) is 0 Å². The lowest BCUT2D eigenvalue weighted by molar-refractivity contribution is -0.157. The van der Waals surface area contributed by atoms with E-state index in [9.17, 15) is 9.90 Å². The fourth-order valence-electron chi connectivity index (χ4n) is 6.15. The normalized spacial score (nSPS) is 46.4. The van der Waals surface area contributed by atoms with Crippen LogP contribution in [-0.2, 0) is 4.79 Å². The Morgan fingerprint density at radius 3 is 2.22 bits per heavy atom. The first-order valence-corrected chi connectivity index (χ1v) is 7.46. The van der Waals surface area contributed by atoms with Crippen molar-refractivity contribution in [3.8, 4) is 0 Å². The molecule has 4 saturated carbocycles. The van der Waals surface area contributed by atoms with E-state index in [-0.39, 0.29) is 0 Å². The third kappa shape index (κ3) is 1.88. The predicted octanol–water partition coefficient (Wildman–Crippen LogP) is 4.09. The van der Waals surface area contributed by atoms with Crippen LogP contribution in [0.4, 0.5) is 0 Å². The molecule has 0 spiro atoms. The highest BCUT2D eigenvalue weighted by Gasteiger charge is 2.57. The van der Waals surface area contributed by atoms with Crippen molar-refractivity contribution in [2.24, 2.45) is 28.1 Å². The predicted molar refractivity (Wildman–Crippen MR) is 71.3 cm³/mol. The Morgan fingerprint density at radius 2 is 1.78 bits per heavy atom. The molecular formula is C16H26O2. The molecule has 0 saturated heterocycles. The zero-order valence-electron chi connectivity index (χ0n) is 12.0. The van der Waals surface area contributed by atoms with Gasteiger partial charge >= 0.3 is 5.97 Å². The Labute approximate surface area is 110 Å². The molecule has 4 aliphatic carbocycles. The minimum Gasteiger partial charge on any atom is -0.481 e. The number of hydrogen-bond acceptors (Lipinski definition) is 1. The van der Waals surface area contributed by atoms with E-state index in [1.807, 2.05) is 13.8 Å². The summed E-state index contributed by atoms with van der Waals surface area (Å²) in [6, 6.07) is 0. The van der Waals surface area contributed by atoms with Gasteiger partial charge in [0, 0.05) is 0 Å². The lowest BCUT2D eigenvalue weighted by Crippen LogP contribution is -2.52. The topological polar surface area (TPSA) is 37.3 Å². The molecule has 102 valence electrons. The molecule has 4 rings (SSSR count). The molecule has 0 heterocycles. The average Bonchev–Trinajstić information content (AvgIpc) is 2.10. The maximum absolute atomic E-state index is 11.4. The highest BCUT2D eigenvalue weighted by atomic mass is 16.4. The molecule has 4 bridgehead atoms. The van der Waals surface area contributed by atoms with Gasteiger partial charge in [0.15, 0.2) is 0 Å². The van der Waals surface area contributed by atoms with Crippen LogP contribution < -0.4 is 0 Å². The molecule has 18 heavy (non-hydrogen) atoms. The van der Waals surface area contributed by atoms with Gasteiger partial charge in [0.05, 0.1) is 5.41 Å². The molecule has 2 unspecified atom stereocenters. The summed E-state index contributed by atoms with van der Waals surface area (Å²) in [7, 11) is 0. The zero-order chi connectivity index (χ0) is 13.2. The van der Waals surface area contributed by atoms with Gasteiger partial charge in [-0.15, -0.1) is 0 Å². The van der Waals surface area contributed by atoms with E-state index in [1.165, 1.54) is 38.5 Å². The van der Waals surface area contributed by atoms with E-state index in [2.05, 4.69) is 6.92 Å². The fourth-order valence-corrected chi connectivity index (χ4v) is 6.15. The highest BCUT2D eigenvalue weighted by Crippen LogP contribution is 2.67. The van der Waals surface area contributed by atoms with Crippen molar-refractivity contribution in [3.05, 3.63) is 0 Å². The van der Waals surface area contributed by atoms with E-state index in [4.69, 9.17) is 0 Å². The lowest BCUT2D eigenvalue weighted by Gasteiger charge is -2.62. The second-order valence-electron chi connectivity index (χ2n) is 8.64. The van der Waals surface area contributed by atoms with Crippen molar-refractivity contribution in [3.63, 3.8) is 0 Å². The highest BCUT2D eigenvalue weighted by molar-refractivity contribution is 5.73. The van der Waals surface area contributed by atoms with Crippen LogP contribution >= 0.6 is 0 Å². The number of carboxylic acids is 1. The van der Waals surface area contributed by atoms with Gasteiger partial charge in [-0.05, 0) is 81.5 Å². The Kier molecular flexibility index (Phi) is 2.44. The Bertz CT molecular complexity index is 369. The van der Waals surface area contributed by atoms with Crippen LogP contribution in [-0.4, -0.2) is 11.1 Å². The van der Waals surface area contributed by atoms with Gasteiger partial charge in [-0.2, -0.15) is 0 Å². The quantitative estimate of drug-likeness (QED) is 0.819. The molecule has 0 aliphatic heterocycles. The first kappa shape index (κ1) is 12.5. The van der Waals surface area contributed by atoms with Crippen molar-refractivity contribution in [2.75, 3.05) is 0 Å². The van der Waals surface area contributed by atoms with Crippen LogP contribution in [0.5, 0.6) is 0 Å². The molecule has 0 aromatic carbocycles. The summed E-state index contributed by atoms with van der Waals surface area (Å²) >= 11 is 0. The van der Waals surface area contributed by atoms with Gasteiger partial charge in [0.2, 0.25) is 0 Å². The molecule has 0 aromatic heterocycles. The second-order valence-corrected chi connectivity index (χ2v) is 8.64. The van der Waals surface area contributed by atoms with Gasteiger partial charge < -0.3 is 5.11 Å². The average molecular weight is 250 g/mol. The van der Waals surface area contributed by atoms with Crippen molar-refractivity contribution in [2.45, 2.75) is 65.7 Å². The number of carboxylic acid groups (broad SMARTS) is 1. The largest absolute Gasteiger partial charge is 0.481 e. The Hall–Kier alpha value is -0.530. The third-order valence-electron chi connectivity index (χ3n) is 5.87. The second kappa shape index (κ2) is 3.52. The summed E-state index contributed by atoms with van der Waals surface area (Å²) in [5.74, 6) is 1.16. The smallest absolute Gasteiger partial charge is 0.309 e. The van der Waals surface area contributed by atoms with E-state index < -0.39 is 11.4 Å². The van der Waals surface area contributed by atoms with Crippen LogP contribution in [0, 0.1) is 28.1 Å². The molecule has 4 fully saturated rings. The number of rotatable bonds is 3. The van der Waals surface area contributed by atoms with Crippen LogP contribution in [0.3, 0.4) is 0 Å². The summed E-state index contributed by atoms with van der Waals surface area (Å²) in [6.07, 6.45) is 9.00. The Morgan fingerprint density at radius 1 is 1.22 bits per heavy atom. The van der Waals surface area contributed by atoms with Crippen molar-refractivity contribution in [1.82, 2.24) is 0 Å². The minimum atomic E-state index is -0.622. The summed E-state index contributed by atoms with van der Waals surface area (Å²) in [5, 5.41) is 9.41. The summed E-state index contributed by atoms with van der Waals surface area (Å²) in [6.45, 7) is 6.28. The maximum Gasteiger partial charge on any atom is 0.309 e. The molecule has 0 amide bonds. The van der Waals surface area contributed by atoms with Crippen LogP contribution in [0.25, 0.3) is 0 Å². The summed E-state index contributed by atoms with van der Waals surface area (Å²) in [4.78, 5) is 11.4. The summed E-state index contributed by atoms with van der Waals surface area (Å²) < 4.78 is 0. The zero-order valence-corrected chi connectivity index (χ0v) is 12.0. The first-order chi connectivity index (χ1) is 8.22. The lowest BCUT2D eigenvalue weighted by atomic mass is 9.43. The van der Waals surface area contributed by atoms with E-state index in [0.717, 1.165) is 18.3 Å². The van der Waals surface area contributed by atoms with E-state index >= 15 is 0 Å². The SMILES string of the molecule is CC12CC3CC(C1)CC(CC(C)(C)C(=O)O)(C3)C2. The fraction of sp³-hybridized carbons (Fsp3) is 0.938. The van der Waals surface area contributed by atoms with Crippen LogP contribution in [0.1, 0.15) is 65.7 Å². The molecule has 2 heteroatoms. The van der Waals surface area contributed by atoms with Gasteiger partial charge in [0.1, 0.15) is 0 Å². The van der Waals surface area contributed by atoms with Gasteiger partial charge in [-0.3, -0.25) is 4.79 Å². The molecule has 4 aliphatic rings. The number of aliphatic carboxylic acids is 1. The maximum atomic E-state index is 11.4. The third-order valence-corrected chi connectivity index (χ3v) is 5.87. The number of carbonyl (C=O) groups is 1. The molecular weight excluding hydrogens is 224 g/mol. The van der Waals surface area contributed by atoms with Gasteiger partial charge in [-0.1, -0.05) is 6.92 Å². The molecule has 1 N–H and O–H groups in total. The molecule has 2 atom stereocenters. The van der Waals surface area contributed by atoms with E-state index in [0.29, 0.717) is 10.8 Å². The van der Waals surface area contributed by atoms with Crippen molar-refractivity contribution >= 4 is 5.97 Å². The minimum absolute atomic E-state index is 0.348. The molecule has 2 nitrogen and oxygen atoms in total. The summed E-state index contributed by atoms with van der Waals surface area (Å²) in [5.41, 5.74) is 0.321.